The van der Waals surface area contributed by atoms with Gasteiger partial charge in [-0.1, -0.05) is 38.5 Å². The van der Waals surface area contributed by atoms with E-state index in [1.165, 1.54) is 35.1 Å². The lowest BCUT2D eigenvalue weighted by Crippen LogP contribution is -2.33. The first-order chi connectivity index (χ1) is 11.0. The highest BCUT2D eigenvalue weighted by atomic mass is 32.2. The third-order valence-electron chi connectivity index (χ3n) is 3.51. The standard InChI is InChI=1S/C10H19OS2.C7H8O3S/c1-10(2,3)9(11)8-13-6-4-12-5-7-13;1-6-2-4-7(5-3-6)11(8,9)10/h4-8H2,1-3H3;2-5H,1H3,(H,8,9,10)/q+1;/p-1. The number of hydrogen-bond donors (Lipinski definition) is 0. The van der Waals surface area contributed by atoms with E-state index in [1.807, 2.05) is 39.5 Å². The number of hydrogen-bond acceptors (Lipinski definition) is 5. The number of ketones is 1. The molecular formula is C17H26O4S3. The Bertz CT molecular complexity index is 625. The molecule has 136 valence electrons. The molecule has 1 heterocycles. The second-order valence-corrected chi connectivity index (χ2v) is 11.7. The molecule has 0 spiro atoms. The highest BCUT2D eigenvalue weighted by molar-refractivity contribution is 8.05. The summed E-state index contributed by atoms with van der Waals surface area (Å²) < 4.78 is 31.2. The van der Waals surface area contributed by atoms with E-state index in [-0.39, 0.29) is 10.3 Å². The van der Waals surface area contributed by atoms with Crippen LogP contribution >= 0.6 is 11.8 Å². The highest BCUT2D eigenvalue weighted by Gasteiger charge is 2.31. The average molecular weight is 391 g/mol. The van der Waals surface area contributed by atoms with E-state index in [0.717, 1.165) is 11.3 Å². The number of Topliss-reactive ketones (excluding diaryl/α,β-unsaturated/α-hetero) is 1. The van der Waals surface area contributed by atoms with Crippen molar-refractivity contribution < 1.29 is 17.8 Å². The maximum atomic E-state index is 11.7. The Kier molecular flexibility index (Phi) is 8.32. The van der Waals surface area contributed by atoms with Crippen molar-refractivity contribution in [2.75, 3.05) is 28.8 Å². The summed E-state index contributed by atoms with van der Waals surface area (Å²) >= 11 is 2.03. The summed E-state index contributed by atoms with van der Waals surface area (Å²) in [6.45, 7) is 7.90. The third-order valence-corrected chi connectivity index (χ3v) is 8.10. The molecule has 0 unspecified atom stereocenters. The fourth-order valence-corrected chi connectivity index (χ4v) is 6.61. The Morgan fingerprint density at radius 3 is 2.08 bits per heavy atom. The minimum Gasteiger partial charge on any atom is -0.744 e. The summed E-state index contributed by atoms with van der Waals surface area (Å²) in [5.74, 6) is 6.35. The number of rotatable bonds is 3. The molecular weight excluding hydrogens is 364 g/mol. The summed E-state index contributed by atoms with van der Waals surface area (Å²) in [5.41, 5.74) is 0.801. The maximum Gasteiger partial charge on any atom is 0.187 e. The lowest BCUT2D eigenvalue weighted by Gasteiger charge is -2.18. The molecule has 0 saturated carbocycles. The van der Waals surface area contributed by atoms with Gasteiger partial charge in [-0.15, -0.1) is 0 Å². The van der Waals surface area contributed by atoms with Gasteiger partial charge in [0, 0.05) is 16.9 Å². The van der Waals surface area contributed by atoms with Crippen LogP contribution in [-0.4, -0.2) is 47.5 Å². The molecule has 0 aromatic heterocycles. The first kappa shape index (κ1) is 21.5. The van der Waals surface area contributed by atoms with Crippen LogP contribution in [0.25, 0.3) is 0 Å². The first-order valence-corrected chi connectivity index (χ1v) is 12.1. The molecule has 0 aliphatic carbocycles. The molecule has 1 saturated heterocycles. The van der Waals surface area contributed by atoms with E-state index in [4.69, 9.17) is 0 Å². The van der Waals surface area contributed by atoms with Gasteiger partial charge in [-0.05, 0) is 30.0 Å². The number of carbonyl (C=O) groups is 1. The Balaban J connectivity index is 0.000000243. The number of thioether (sulfide) groups is 1. The number of benzene rings is 1. The van der Waals surface area contributed by atoms with E-state index in [1.54, 1.807) is 12.1 Å². The third kappa shape index (κ3) is 8.05. The largest absolute Gasteiger partial charge is 0.744 e. The van der Waals surface area contributed by atoms with Gasteiger partial charge in [0.2, 0.25) is 0 Å². The van der Waals surface area contributed by atoms with Crippen LogP contribution < -0.4 is 0 Å². The highest BCUT2D eigenvalue weighted by Crippen LogP contribution is 2.19. The van der Waals surface area contributed by atoms with Gasteiger partial charge in [-0.25, -0.2) is 8.42 Å². The second kappa shape index (κ2) is 9.27. The fraction of sp³-hybridized carbons (Fsp3) is 0.588. The van der Waals surface area contributed by atoms with Crippen LogP contribution in [-0.2, 0) is 25.8 Å². The summed E-state index contributed by atoms with van der Waals surface area (Å²) in [7, 11) is -3.86. The zero-order chi connectivity index (χ0) is 18.4. The van der Waals surface area contributed by atoms with E-state index in [2.05, 4.69) is 0 Å². The van der Waals surface area contributed by atoms with Crippen molar-refractivity contribution in [3.63, 3.8) is 0 Å². The van der Waals surface area contributed by atoms with Crippen molar-refractivity contribution in [1.82, 2.24) is 0 Å². The van der Waals surface area contributed by atoms with Crippen LogP contribution in [0.4, 0.5) is 0 Å². The van der Waals surface area contributed by atoms with Crippen molar-refractivity contribution in [3.8, 4) is 0 Å². The van der Waals surface area contributed by atoms with Crippen molar-refractivity contribution >= 4 is 38.6 Å². The molecule has 1 aromatic rings. The van der Waals surface area contributed by atoms with E-state index in [0.29, 0.717) is 16.7 Å². The second-order valence-electron chi connectivity index (χ2n) is 6.72. The van der Waals surface area contributed by atoms with E-state index < -0.39 is 10.1 Å². The maximum absolute atomic E-state index is 11.7. The van der Waals surface area contributed by atoms with Gasteiger partial charge >= 0.3 is 0 Å². The molecule has 1 aliphatic rings. The van der Waals surface area contributed by atoms with Gasteiger partial charge < -0.3 is 4.55 Å². The molecule has 24 heavy (non-hydrogen) atoms. The SMILES string of the molecule is CC(C)(C)C(=O)C[S+]1CCSCC1.Cc1ccc(S(=O)(=O)[O-])cc1. The topological polar surface area (TPSA) is 74.3 Å². The molecule has 0 atom stereocenters. The Morgan fingerprint density at radius 2 is 1.67 bits per heavy atom. The monoisotopic (exact) mass is 390 g/mol. The van der Waals surface area contributed by atoms with Gasteiger partial charge in [-0.3, -0.25) is 4.79 Å². The fourth-order valence-electron chi connectivity index (χ4n) is 1.81. The molecule has 1 aliphatic heterocycles. The van der Waals surface area contributed by atoms with E-state index >= 15 is 0 Å². The molecule has 1 fully saturated rings. The van der Waals surface area contributed by atoms with Crippen molar-refractivity contribution in [1.29, 1.82) is 0 Å². The molecule has 1 aromatic carbocycles. The van der Waals surface area contributed by atoms with Crippen LogP contribution in [0.5, 0.6) is 0 Å². The zero-order valence-electron chi connectivity index (χ0n) is 14.7. The summed E-state index contributed by atoms with van der Waals surface area (Å²) in [4.78, 5) is 11.6. The predicted molar refractivity (Wildman–Crippen MR) is 103 cm³/mol. The van der Waals surface area contributed by atoms with E-state index in [9.17, 15) is 17.8 Å². The summed E-state index contributed by atoms with van der Waals surface area (Å²) in [6.07, 6.45) is 0. The average Bonchev–Trinajstić information content (AvgIpc) is 2.47. The zero-order valence-corrected chi connectivity index (χ0v) is 17.2. The van der Waals surface area contributed by atoms with Crippen molar-refractivity contribution in [2.24, 2.45) is 5.41 Å². The Hall–Kier alpha value is -0.500. The summed E-state index contributed by atoms with van der Waals surface area (Å²) in [5, 5.41) is 0. The van der Waals surface area contributed by atoms with Crippen LogP contribution in [0.1, 0.15) is 26.3 Å². The Morgan fingerprint density at radius 1 is 1.17 bits per heavy atom. The molecule has 0 N–H and O–H groups in total. The number of aryl methyl sites for hydroxylation is 1. The van der Waals surface area contributed by atoms with Gasteiger partial charge in [0.25, 0.3) is 0 Å². The molecule has 0 radical (unpaired) electrons. The first-order valence-electron chi connectivity index (χ1n) is 7.78. The molecule has 0 bridgehead atoms. The lowest BCUT2D eigenvalue weighted by atomic mass is 9.92. The van der Waals surface area contributed by atoms with Crippen LogP contribution in [0.15, 0.2) is 29.2 Å². The smallest absolute Gasteiger partial charge is 0.187 e. The predicted octanol–water partition coefficient (Wildman–Crippen LogP) is 2.87. The quantitative estimate of drug-likeness (QED) is 0.586. The minimum atomic E-state index is -4.27. The number of carbonyl (C=O) groups excluding carboxylic acids is 1. The van der Waals surface area contributed by atoms with Gasteiger partial charge in [0.05, 0.1) is 4.90 Å². The minimum absolute atomic E-state index is 0.127. The molecule has 2 rings (SSSR count). The normalized spacial score (nSPS) is 16.2. The van der Waals surface area contributed by atoms with Gasteiger partial charge in [0.15, 0.2) is 11.5 Å². The van der Waals surface area contributed by atoms with Crippen LogP contribution in [0.2, 0.25) is 0 Å². The lowest BCUT2D eigenvalue weighted by molar-refractivity contribution is -0.123. The summed E-state index contributed by atoms with van der Waals surface area (Å²) in [6, 6.07) is 5.78. The molecule has 0 amide bonds. The Labute approximate surface area is 152 Å². The van der Waals surface area contributed by atoms with Crippen LogP contribution in [0, 0.1) is 12.3 Å². The van der Waals surface area contributed by atoms with Crippen LogP contribution in [0.3, 0.4) is 0 Å². The molecule has 4 nitrogen and oxygen atoms in total. The van der Waals surface area contributed by atoms with Crippen molar-refractivity contribution in [2.45, 2.75) is 32.6 Å². The van der Waals surface area contributed by atoms with Crippen molar-refractivity contribution in [3.05, 3.63) is 29.8 Å². The molecule has 7 heteroatoms. The van der Waals surface area contributed by atoms with Gasteiger partial charge in [-0.2, -0.15) is 11.8 Å². The van der Waals surface area contributed by atoms with Gasteiger partial charge in [0.1, 0.15) is 21.6 Å².